The fourth-order valence-electron chi connectivity index (χ4n) is 2.90. The second kappa shape index (κ2) is 5.57. The molecular weight excluding hydrogens is 298 g/mol. The molecule has 0 N–H and O–H groups in total. The van der Waals surface area contributed by atoms with Crippen LogP contribution in [0, 0.1) is 0 Å². The molecule has 3 aromatic rings. The third kappa shape index (κ3) is 2.41. The van der Waals surface area contributed by atoms with E-state index in [-0.39, 0.29) is 5.63 Å². The Bertz CT molecular complexity index is 887. The smallest absolute Gasteiger partial charge is 0.348 e. The highest BCUT2D eigenvalue weighted by atomic mass is 32.1. The lowest BCUT2D eigenvalue weighted by molar-refractivity contribution is 0.490. The van der Waals surface area contributed by atoms with Crippen molar-refractivity contribution in [2.24, 2.45) is 0 Å². The quantitative estimate of drug-likeness (QED) is 0.663. The zero-order chi connectivity index (χ0) is 14.9. The average molecular weight is 313 g/mol. The van der Waals surface area contributed by atoms with E-state index in [0.717, 1.165) is 24.1 Å². The molecule has 4 nitrogen and oxygen atoms in total. The molecule has 0 spiro atoms. The van der Waals surface area contributed by atoms with Crippen molar-refractivity contribution in [2.45, 2.75) is 32.1 Å². The van der Waals surface area contributed by atoms with Gasteiger partial charge >= 0.3 is 5.63 Å². The summed E-state index contributed by atoms with van der Waals surface area (Å²) in [6.45, 7) is 0. The Hall–Kier alpha value is -2.14. The predicted molar refractivity (Wildman–Crippen MR) is 87.1 cm³/mol. The molecular formula is C17H15NO3S. The Kier molecular flexibility index (Phi) is 3.42. The van der Waals surface area contributed by atoms with Crippen molar-refractivity contribution in [3.8, 4) is 0 Å². The van der Waals surface area contributed by atoms with Gasteiger partial charge in [0.05, 0.1) is 6.26 Å². The minimum Gasteiger partial charge on any atom is -0.465 e. The molecule has 22 heavy (non-hydrogen) atoms. The topological polar surface area (TPSA) is 56.2 Å². The molecule has 0 saturated heterocycles. The molecule has 0 fully saturated rings. The van der Waals surface area contributed by atoms with Gasteiger partial charge in [0.15, 0.2) is 0 Å². The lowest BCUT2D eigenvalue weighted by atomic mass is 10.1. The number of furan rings is 1. The van der Waals surface area contributed by atoms with Gasteiger partial charge in [-0.15, -0.1) is 11.3 Å². The van der Waals surface area contributed by atoms with E-state index in [4.69, 9.17) is 8.83 Å². The predicted octanol–water partition coefficient (Wildman–Crippen LogP) is 4.28. The molecule has 3 aromatic heterocycles. The summed E-state index contributed by atoms with van der Waals surface area (Å²) in [4.78, 5) is 18.9. The van der Waals surface area contributed by atoms with E-state index in [9.17, 15) is 4.79 Å². The van der Waals surface area contributed by atoms with Crippen LogP contribution in [0.1, 0.15) is 41.4 Å². The van der Waals surface area contributed by atoms with E-state index in [1.165, 1.54) is 23.3 Å². The highest BCUT2D eigenvalue weighted by Crippen LogP contribution is 2.33. The Labute approximate surface area is 131 Å². The Balaban J connectivity index is 1.79. The Morgan fingerprint density at radius 3 is 2.95 bits per heavy atom. The first kappa shape index (κ1) is 13.5. The average Bonchev–Trinajstić information content (AvgIpc) is 3.08. The summed E-state index contributed by atoms with van der Waals surface area (Å²) in [5, 5.41) is 0.692. The number of fused-ring (bicyclic) bond motifs is 3. The number of nitrogens with zero attached hydrogens (tertiary/aromatic N) is 1. The zero-order valence-corrected chi connectivity index (χ0v) is 12.8. The maximum atomic E-state index is 12.3. The fraction of sp³-hybridized carbons (Fsp3) is 0.294. The molecule has 0 aliphatic heterocycles. The minimum atomic E-state index is -0.275. The van der Waals surface area contributed by atoms with Crippen molar-refractivity contribution >= 4 is 33.7 Å². The second-order valence-electron chi connectivity index (χ2n) is 5.43. The molecule has 0 bridgehead atoms. The number of aromatic nitrogens is 1. The highest BCUT2D eigenvalue weighted by molar-refractivity contribution is 7.18. The zero-order valence-electron chi connectivity index (χ0n) is 12.0. The molecule has 0 atom stereocenters. The molecule has 1 aliphatic rings. The summed E-state index contributed by atoms with van der Waals surface area (Å²) in [6.07, 6.45) is 10.6. The summed E-state index contributed by atoms with van der Waals surface area (Å²) in [6, 6.07) is 3.64. The van der Waals surface area contributed by atoms with Crippen molar-refractivity contribution in [3.63, 3.8) is 0 Å². The molecule has 3 heterocycles. The van der Waals surface area contributed by atoms with Gasteiger partial charge in [0.2, 0.25) is 5.89 Å². The van der Waals surface area contributed by atoms with Crippen LogP contribution >= 0.6 is 11.3 Å². The van der Waals surface area contributed by atoms with Gasteiger partial charge in [0.25, 0.3) is 0 Å². The number of rotatable bonds is 2. The number of hydrogen-bond acceptors (Lipinski definition) is 5. The van der Waals surface area contributed by atoms with Gasteiger partial charge in [-0.1, -0.05) is 6.42 Å². The Morgan fingerprint density at radius 2 is 2.09 bits per heavy atom. The van der Waals surface area contributed by atoms with Gasteiger partial charge in [-0.05, 0) is 49.5 Å². The number of thiophene rings is 1. The number of hydrogen-bond donors (Lipinski definition) is 0. The van der Waals surface area contributed by atoms with Crippen LogP contribution in [0.15, 0.2) is 32.0 Å². The lowest BCUT2D eigenvalue weighted by Gasteiger charge is -1.97. The van der Waals surface area contributed by atoms with E-state index < -0.39 is 0 Å². The van der Waals surface area contributed by atoms with Crippen LogP contribution in [-0.2, 0) is 12.8 Å². The van der Waals surface area contributed by atoms with Gasteiger partial charge in [-0.2, -0.15) is 0 Å². The molecule has 5 heteroatoms. The molecule has 0 radical (unpaired) electrons. The van der Waals surface area contributed by atoms with Crippen LogP contribution in [0.4, 0.5) is 0 Å². The van der Waals surface area contributed by atoms with E-state index in [1.54, 1.807) is 29.8 Å². The second-order valence-corrected chi connectivity index (χ2v) is 6.52. The van der Waals surface area contributed by atoms with Gasteiger partial charge < -0.3 is 8.83 Å². The highest BCUT2D eigenvalue weighted by Gasteiger charge is 2.19. The fourth-order valence-corrected chi connectivity index (χ4v) is 4.15. The normalized spacial score (nSPS) is 15.3. The standard InChI is InChI=1S/C17H15NO3S/c19-17-15-12-6-2-1-3-7-13(12)22-16(15)18-14(21-17)9-8-11-5-4-10-20-11/h4-5,8-10H,1-3,6-7H2/b9-8+. The third-order valence-corrected chi connectivity index (χ3v) is 5.13. The van der Waals surface area contributed by atoms with E-state index in [2.05, 4.69) is 4.98 Å². The van der Waals surface area contributed by atoms with E-state index in [0.29, 0.717) is 17.0 Å². The molecule has 4 rings (SSSR count). The van der Waals surface area contributed by atoms with Crippen molar-refractivity contribution in [3.05, 3.63) is 50.9 Å². The van der Waals surface area contributed by atoms with Crippen molar-refractivity contribution in [1.82, 2.24) is 4.98 Å². The SMILES string of the molecule is O=c1oc(/C=C/c2ccco2)nc2sc3c(c12)CCCCC3. The maximum Gasteiger partial charge on any atom is 0.348 e. The maximum absolute atomic E-state index is 12.3. The van der Waals surface area contributed by atoms with E-state index in [1.807, 2.05) is 12.1 Å². The van der Waals surface area contributed by atoms with Gasteiger partial charge in [0, 0.05) is 11.0 Å². The van der Waals surface area contributed by atoms with E-state index >= 15 is 0 Å². The molecule has 112 valence electrons. The first-order valence-corrected chi connectivity index (χ1v) is 8.30. The molecule has 0 saturated carbocycles. The summed E-state index contributed by atoms with van der Waals surface area (Å²) in [5.74, 6) is 1.02. The Morgan fingerprint density at radius 1 is 1.18 bits per heavy atom. The summed E-state index contributed by atoms with van der Waals surface area (Å²) in [5.41, 5.74) is 0.892. The largest absolute Gasteiger partial charge is 0.465 e. The van der Waals surface area contributed by atoms with Crippen LogP contribution in [0.3, 0.4) is 0 Å². The van der Waals surface area contributed by atoms with Crippen molar-refractivity contribution in [2.75, 3.05) is 0 Å². The van der Waals surface area contributed by atoms with Crippen molar-refractivity contribution < 1.29 is 8.83 Å². The molecule has 0 amide bonds. The van der Waals surface area contributed by atoms with Crippen LogP contribution in [-0.4, -0.2) is 4.98 Å². The molecule has 0 unspecified atom stereocenters. The molecule has 1 aliphatic carbocycles. The van der Waals surface area contributed by atoms with Crippen LogP contribution < -0.4 is 5.63 Å². The van der Waals surface area contributed by atoms with Crippen LogP contribution in [0.25, 0.3) is 22.4 Å². The van der Waals surface area contributed by atoms with Gasteiger partial charge in [-0.25, -0.2) is 9.78 Å². The van der Waals surface area contributed by atoms with Crippen LogP contribution in [0.5, 0.6) is 0 Å². The summed E-state index contributed by atoms with van der Waals surface area (Å²) in [7, 11) is 0. The first-order chi connectivity index (χ1) is 10.8. The van der Waals surface area contributed by atoms with Gasteiger partial charge in [0.1, 0.15) is 16.0 Å². The monoisotopic (exact) mass is 313 g/mol. The van der Waals surface area contributed by atoms with Crippen LogP contribution in [0.2, 0.25) is 0 Å². The first-order valence-electron chi connectivity index (χ1n) is 7.48. The summed E-state index contributed by atoms with van der Waals surface area (Å²) >= 11 is 1.64. The minimum absolute atomic E-state index is 0.275. The van der Waals surface area contributed by atoms with Gasteiger partial charge in [-0.3, -0.25) is 0 Å². The lowest BCUT2D eigenvalue weighted by Crippen LogP contribution is -2.03. The molecule has 0 aromatic carbocycles. The van der Waals surface area contributed by atoms with Crippen molar-refractivity contribution in [1.29, 1.82) is 0 Å². The summed E-state index contributed by atoms with van der Waals surface area (Å²) < 4.78 is 10.6. The number of aryl methyl sites for hydroxylation is 2. The third-order valence-electron chi connectivity index (χ3n) is 3.95.